The van der Waals surface area contributed by atoms with Crippen molar-refractivity contribution in [1.82, 2.24) is 0 Å². The number of hydrogen-bond donors (Lipinski definition) is 2. The molecule has 1 heterocycles. The number of ether oxygens (including phenoxy) is 3. The lowest BCUT2D eigenvalue weighted by Crippen LogP contribution is -2.13. The number of nitrogens with one attached hydrogen (secondary N) is 1. The number of rotatable bonds is 6. The SMILES string of the molecule is CC(C)CCOc1ccc(C(=O)Nc2cc3c(cc2N)OCO3)cc1.Cl. The standard InChI is InChI=1S/C19H22N2O4.ClH/c1-12(2)7-8-23-14-5-3-13(4-6-14)19(22)21-16-10-18-17(9-15(16)20)24-11-25-18;/h3-6,9-10,12H,7-8,11,20H2,1-2H3,(H,21,22);1H. The number of carbonyl (C=O) groups is 1. The van der Waals surface area contributed by atoms with E-state index in [0.717, 1.165) is 12.2 Å². The number of hydrogen-bond acceptors (Lipinski definition) is 5. The Morgan fingerprint density at radius 1 is 1.19 bits per heavy atom. The lowest BCUT2D eigenvalue weighted by Gasteiger charge is -2.11. The number of nitrogen functional groups attached to an aromatic ring is 1. The Bertz CT molecular complexity index is 763. The summed E-state index contributed by atoms with van der Waals surface area (Å²) in [5.74, 6) is 2.24. The number of fused-ring (bicyclic) bond motifs is 1. The summed E-state index contributed by atoms with van der Waals surface area (Å²) in [7, 11) is 0. The minimum Gasteiger partial charge on any atom is -0.494 e. The first-order valence-electron chi connectivity index (χ1n) is 8.26. The van der Waals surface area contributed by atoms with E-state index in [-0.39, 0.29) is 25.1 Å². The van der Waals surface area contributed by atoms with Gasteiger partial charge in [-0.05, 0) is 36.6 Å². The van der Waals surface area contributed by atoms with Gasteiger partial charge >= 0.3 is 0 Å². The molecule has 2 aromatic carbocycles. The molecule has 0 spiro atoms. The summed E-state index contributed by atoms with van der Waals surface area (Å²) in [5, 5.41) is 2.79. The maximum atomic E-state index is 12.4. The molecule has 1 amide bonds. The molecule has 1 aliphatic rings. The fourth-order valence-corrected chi connectivity index (χ4v) is 2.38. The van der Waals surface area contributed by atoms with Gasteiger partial charge in [0.1, 0.15) is 5.75 Å². The fraction of sp³-hybridized carbons (Fsp3) is 0.316. The van der Waals surface area contributed by atoms with Crippen molar-refractivity contribution < 1.29 is 19.0 Å². The number of nitrogens with two attached hydrogens (primary N) is 1. The van der Waals surface area contributed by atoms with Crippen LogP contribution >= 0.6 is 12.4 Å². The van der Waals surface area contributed by atoms with Crippen molar-refractivity contribution in [2.75, 3.05) is 24.5 Å². The summed E-state index contributed by atoms with van der Waals surface area (Å²) in [6, 6.07) is 10.3. The quantitative estimate of drug-likeness (QED) is 0.739. The van der Waals surface area contributed by atoms with Crippen LogP contribution in [0.2, 0.25) is 0 Å². The summed E-state index contributed by atoms with van der Waals surface area (Å²) in [6.45, 7) is 5.12. The van der Waals surface area contributed by atoms with Crippen LogP contribution in [0.4, 0.5) is 11.4 Å². The second-order valence-corrected chi connectivity index (χ2v) is 6.30. The van der Waals surface area contributed by atoms with Gasteiger partial charge in [-0.2, -0.15) is 0 Å². The van der Waals surface area contributed by atoms with E-state index in [4.69, 9.17) is 19.9 Å². The van der Waals surface area contributed by atoms with Gasteiger partial charge < -0.3 is 25.3 Å². The molecule has 7 heteroatoms. The van der Waals surface area contributed by atoms with Crippen molar-refractivity contribution in [1.29, 1.82) is 0 Å². The molecule has 0 radical (unpaired) electrons. The Morgan fingerprint density at radius 3 is 2.50 bits per heavy atom. The van der Waals surface area contributed by atoms with Crippen molar-refractivity contribution in [3.8, 4) is 17.2 Å². The molecule has 6 nitrogen and oxygen atoms in total. The van der Waals surface area contributed by atoms with Gasteiger partial charge in [-0.1, -0.05) is 13.8 Å². The van der Waals surface area contributed by atoms with Gasteiger partial charge in [0.2, 0.25) is 6.79 Å². The molecule has 140 valence electrons. The Kier molecular flexibility index (Phi) is 6.58. The number of amides is 1. The lowest BCUT2D eigenvalue weighted by atomic mass is 10.1. The van der Waals surface area contributed by atoms with Crippen molar-refractivity contribution >= 4 is 29.7 Å². The summed E-state index contributed by atoms with van der Waals surface area (Å²) in [6.07, 6.45) is 0.992. The van der Waals surface area contributed by atoms with E-state index < -0.39 is 0 Å². The molecule has 3 N–H and O–H groups in total. The highest BCUT2D eigenvalue weighted by molar-refractivity contribution is 6.06. The van der Waals surface area contributed by atoms with E-state index in [1.807, 2.05) is 0 Å². The predicted molar refractivity (Wildman–Crippen MR) is 104 cm³/mol. The van der Waals surface area contributed by atoms with Crippen molar-refractivity contribution in [2.24, 2.45) is 5.92 Å². The molecule has 0 fully saturated rings. The van der Waals surface area contributed by atoms with E-state index in [2.05, 4.69) is 19.2 Å². The lowest BCUT2D eigenvalue weighted by molar-refractivity contribution is 0.102. The second-order valence-electron chi connectivity index (χ2n) is 6.30. The molecule has 2 aromatic rings. The molecule has 1 aliphatic heterocycles. The topological polar surface area (TPSA) is 82.8 Å². The van der Waals surface area contributed by atoms with Crippen LogP contribution < -0.4 is 25.3 Å². The highest BCUT2D eigenvalue weighted by Crippen LogP contribution is 2.38. The monoisotopic (exact) mass is 378 g/mol. The number of carbonyl (C=O) groups excluding carboxylic acids is 1. The van der Waals surface area contributed by atoms with Gasteiger partial charge in [0.05, 0.1) is 18.0 Å². The van der Waals surface area contributed by atoms with Gasteiger partial charge in [-0.25, -0.2) is 0 Å². The van der Waals surface area contributed by atoms with E-state index in [9.17, 15) is 4.79 Å². The maximum Gasteiger partial charge on any atom is 0.255 e. The van der Waals surface area contributed by atoms with Gasteiger partial charge in [-0.3, -0.25) is 4.79 Å². The van der Waals surface area contributed by atoms with Crippen LogP contribution in [0, 0.1) is 5.92 Å². The van der Waals surface area contributed by atoms with Crippen LogP contribution in [0.25, 0.3) is 0 Å². The van der Waals surface area contributed by atoms with Crippen LogP contribution in [0.15, 0.2) is 36.4 Å². The molecule has 0 unspecified atom stereocenters. The predicted octanol–water partition coefficient (Wildman–Crippen LogP) is 4.10. The zero-order valence-electron chi connectivity index (χ0n) is 14.8. The van der Waals surface area contributed by atoms with E-state index in [0.29, 0.717) is 41.0 Å². The number of benzene rings is 2. The number of anilines is 2. The van der Waals surface area contributed by atoms with Crippen LogP contribution in [0.5, 0.6) is 17.2 Å². The van der Waals surface area contributed by atoms with Gasteiger partial charge in [-0.15, -0.1) is 12.4 Å². The van der Waals surface area contributed by atoms with Crippen LogP contribution in [0.3, 0.4) is 0 Å². The van der Waals surface area contributed by atoms with Crippen LogP contribution in [-0.4, -0.2) is 19.3 Å². The molecule has 0 bridgehead atoms. The molecular formula is C19H23ClN2O4. The van der Waals surface area contributed by atoms with Gasteiger partial charge in [0.25, 0.3) is 5.91 Å². The fourth-order valence-electron chi connectivity index (χ4n) is 2.38. The first-order valence-corrected chi connectivity index (χ1v) is 8.26. The third-order valence-electron chi connectivity index (χ3n) is 3.87. The van der Waals surface area contributed by atoms with E-state index >= 15 is 0 Å². The Morgan fingerprint density at radius 2 is 1.85 bits per heavy atom. The van der Waals surface area contributed by atoms with Crippen molar-refractivity contribution in [3.63, 3.8) is 0 Å². The summed E-state index contributed by atoms with van der Waals surface area (Å²) < 4.78 is 16.2. The van der Waals surface area contributed by atoms with Gasteiger partial charge in [0.15, 0.2) is 11.5 Å². The molecule has 26 heavy (non-hydrogen) atoms. The van der Waals surface area contributed by atoms with Crippen molar-refractivity contribution in [3.05, 3.63) is 42.0 Å². The Balaban J connectivity index is 0.00000243. The minimum absolute atomic E-state index is 0. The van der Waals surface area contributed by atoms with E-state index in [1.54, 1.807) is 36.4 Å². The molecule has 0 saturated carbocycles. The second kappa shape index (κ2) is 8.67. The smallest absolute Gasteiger partial charge is 0.255 e. The average Bonchev–Trinajstić information content (AvgIpc) is 3.02. The maximum absolute atomic E-state index is 12.4. The molecule has 0 aromatic heterocycles. The molecule has 3 rings (SSSR count). The highest BCUT2D eigenvalue weighted by Gasteiger charge is 2.17. The first-order chi connectivity index (χ1) is 12.0. The molecule has 0 saturated heterocycles. The van der Waals surface area contributed by atoms with E-state index in [1.165, 1.54) is 0 Å². The molecule has 0 atom stereocenters. The Labute approximate surface area is 159 Å². The van der Waals surface area contributed by atoms with Crippen LogP contribution in [0.1, 0.15) is 30.6 Å². The normalized spacial score (nSPS) is 11.8. The average molecular weight is 379 g/mol. The van der Waals surface area contributed by atoms with Crippen molar-refractivity contribution in [2.45, 2.75) is 20.3 Å². The zero-order chi connectivity index (χ0) is 17.8. The highest BCUT2D eigenvalue weighted by atomic mass is 35.5. The summed E-state index contributed by atoms with van der Waals surface area (Å²) in [4.78, 5) is 12.4. The molecule has 0 aliphatic carbocycles. The largest absolute Gasteiger partial charge is 0.494 e. The first kappa shape index (κ1) is 19.7. The van der Waals surface area contributed by atoms with Gasteiger partial charge in [0, 0.05) is 17.7 Å². The third kappa shape index (κ3) is 4.73. The summed E-state index contributed by atoms with van der Waals surface area (Å²) in [5.41, 5.74) is 7.39. The molecular weight excluding hydrogens is 356 g/mol. The van der Waals surface area contributed by atoms with Crippen LogP contribution in [-0.2, 0) is 0 Å². The Hall–Kier alpha value is -2.60. The number of halogens is 1. The minimum atomic E-state index is -0.251. The zero-order valence-corrected chi connectivity index (χ0v) is 15.6. The third-order valence-corrected chi connectivity index (χ3v) is 3.87. The summed E-state index contributed by atoms with van der Waals surface area (Å²) >= 11 is 0.